The molecule has 3 unspecified atom stereocenters. The topological polar surface area (TPSA) is 20.2 Å². The maximum absolute atomic E-state index is 10.1. The van der Waals surface area contributed by atoms with Gasteiger partial charge in [0.1, 0.15) is 0 Å². The molecule has 0 aromatic carbocycles. The van der Waals surface area contributed by atoms with E-state index in [0.717, 1.165) is 12.8 Å². The minimum absolute atomic E-state index is 0.0842. The Hall–Kier alpha value is -0.0100. The lowest BCUT2D eigenvalue weighted by atomic mass is 9.85. The molecule has 0 spiro atoms. The van der Waals surface area contributed by atoms with Crippen LogP contribution in [0.3, 0.4) is 0 Å². The van der Waals surface area contributed by atoms with Crippen LogP contribution in [-0.2, 0) is 0 Å². The van der Waals surface area contributed by atoms with Crippen molar-refractivity contribution in [2.45, 2.75) is 32.8 Å². The molecule has 1 nitrogen and oxygen atoms in total. The second-order valence-electron chi connectivity index (χ2n) is 5.07. The lowest BCUT2D eigenvalue weighted by Crippen LogP contribution is -2.29. The van der Waals surface area contributed by atoms with Gasteiger partial charge in [0.2, 0.25) is 0 Å². The van der Waals surface area contributed by atoms with Gasteiger partial charge in [-0.3, -0.25) is 0 Å². The monoisotopic (exact) mass is 200 g/mol. The zero-order valence-electron chi connectivity index (χ0n) is 8.26. The van der Waals surface area contributed by atoms with E-state index in [1.54, 1.807) is 0 Å². The molecule has 13 heavy (non-hydrogen) atoms. The van der Waals surface area contributed by atoms with E-state index in [1.807, 2.05) is 0 Å². The first-order chi connectivity index (χ1) is 6.06. The maximum atomic E-state index is 10.1. The van der Waals surface area contributed by atoms with Gasteiger partial charge in [0.05, 0.1) is 6.10 Å². The van der Waals surface area contributed by atoms with Crippen molar-refractivity contribution in [2.24, 2.45) is 17.3 Å². The van der Waals surface area contributed by atoms with E-state index in [0.29, 0.717) is 17.7 Å². The number of aliphatic hydroxyl groups excluding tert-OH is 1. The SMILES string of the molecule is CC1(C)CC2CC=C(CCl)C2C1O. The van der Waals surface area contributed by atoms with Crippen LogP contribution in [0.15, 0.2) is 11.6 Å². The Labute approximate surface area is 84.8 Å². The van der Waals surface area contributed by atoms with Crippen LogP contribution in [-0.4, -0.2) is 17.1 Å². The van der Waals surface area contributed by atoms with Gasteiger partial charge in [-0.1, -0.05) is 25.5 Å². The number of aliphatic hydroxyl groups is 1. The molecule has 2 rings (SSSR count). The summed E-state index contributed by atoms with van der Waals surface area (Å²) >= 11 is 5.85. The van der Waals surface area contributed by atoms with Crippen molar-refractivity contribution >= 4 is 11.6 Å². The third-order valence-electron chi connectivity index (χ3n) is 3.70. The number of hydrogen-bond acceptors (Lipinski definition) is 1. The first-order valence-electron chi connectivity index (χ1n) is 4.99. The molecule has 0 aromatic heterocycles. The largest absolute Gasteiger partial charge is 0.392 e. The van der Waals surface area contributed by atoms with Crippen molar-refractivity contribution in [3.63, 3.8) is 0 Å². The molecular weight excluding hydrogens is 184 g/mol. The summed E-state index contributed by atoms with van der Waals surface area (Å²) in [7, 11) is 0. The van der Waals surface area contributed by atoms with Gasteiger partial charge < -0.3 is 5.11 Å². The summed E-state index contributed by atoms with van der Waals surface area (Å²) in [6.45, 7) is 4.31. The molecule has 0 amide bonds. The minimum atomic E-state index is -0.190. The molecule has 74 valence electrons. The molecule has 1 fully saturated rings. The van der Waals surface area contributed by atoms with Gasteiger partial charge in [-0.15, -0.1) is 11.6 Å². The Morgan fingerprint density at radius 1 is 1.62 bits per heavy atom. The first-order valence-corrected chi connectivity index (χ1v) is 5.52. The van der Waals surface area contributed by atoms with Gasteiger partial charge in [-0.05, 0) is 24.2 Å². The van der Waals surface area contributed by atoms with Crippen LogP contribution in [0.25, 0.3) is 0 Å². The van der Waals surface area contributed by atoms with E-state index in [1.165, 1.54) is 5.57 Å². The molecule has 0 aliphatic heterocycles. The molecular formula is C11H17ClO. The molecule has 1 N–H and O–H groups in total. The van der Waals surface area contributed by atoms with Crippen LogP contribution >= 0.6 is 11.6 Å². The molecule has 0 saturated heterocycles. The smallest absolute Gasteiger partial charge is 0.0659 e. The normalized spacial score (nSPS) is 41.8. The second-order valence-corrected chi connectivity index (χ2v) is 5.34. The highest BCUT2D eigenvalue weighted by molar-refractivity contribution is 6.19. The summed E-state index contributed by atoms with van der Waals surface area (Å²) in [5.41, 5.74) is 1.35. The Bertz CT molecular complexity index is 244. The van der Waals surface area contributed by atoms with Crippen LogP contribution in [0, 0.1) is 17.3 Å². The third-order valence-corrected chi connectivity index (χ3v) is 4.01. The molecule has 0 bridgehead atoms. The number of hydrogen-bond donors (Lipinski definition) is 1. The van der Waals surface area contributed by atoms with Gasteiger partial charge in [0.15, 0.2) is 0 Å². The number of alkyl halides is 1. The predicted molar refractivity (Wildman–Crippen MR) is 54.8 cm³/mol. The summed E-state index contributed by atoms with van der Waals surface area (Å²) in [4.78, 5) is 0. The molecule has 2 heteroatoms. The lowest BCUT2D eigenvalue weighted by Gasteiger charge is -2.25. The zero-order valence-corrected chi connectivity index (χ0v) is 9.01. The van der Waals surface area contributed by atoms with Crippen molar-refractivity contribution < 1.29 is 5.11 Å². The molecule has 0 heterocycles. The van der Waals surface area contributed by atoms with Crippen molar-refractivity contribution in [1.29, 1.82) is 0 Å². The van der Waals surface area contributed by atoms with Crippen molar-refractivity contribution in [3.8, 4) is 0 Å². The Morgan fingerprint density at radius 2 is 2.31 bits per heavy atom. The van der Waals surface area contributed by atoms with Gasteiger partial charge in [0.25, 0.3) is 0 Å². The standard InChI is InChI=1S/C11H17ClO/c1-11(2)5-7-3-4-8(6-12)9(7)10(11)13/h4,7,9-10,13H,3,5-6H2,1-2H3. The number of fused-ring (bicyclic) bond motifs is 1. The minimum Gasteiger partial charge on any atom is -0.392 e. The third kappa shape index (κ3) is 1.33. The van der Waals surface area contributed by atoms with E-state index in [4.69, 9.17) is 11.6 Å². The maximum Gasteiger partial charge on any atom is 0.0659 e. The van der Waals surface area contributed by atoms with Crippen LogP contribution < -0.4 is 0 Å². The van der Waals surface area contributed by atoms with E-state index in [9.17, 15) is 5.11 Å². The Morgan fingerprint density at radius 3 is 2.92 bits per heavy atom. The van der Waals surface area contributed by atoms with Gasteiger partial charge in [0, 0.05) is 11.8 Å². The molecule has 3 atom stereocenters. The predicted octanol–water partition coefficient (Wildman–Crippen LogP) is 2.58. The number of allylic oxidation sites excluding steroid dienone is 1. The highest BCUT2D eigenvalue weighted by Gasteiger charge is 2.49. The number of halogens is 1. The van der Waals surface area contributed by atoms with Gasteiger partial charge in [-0.25, -0.2) is 0 Å². The van der Waals surface area contributed by atoms with Crippen LogP contribution in [0.2, 0.25) is 0 Å². The molecule has 2 aliphatic carbocycles. The van der Waals surface area contributed by atoms with Crippen molar-refractivity contribution in [1.82, 2.24) is 0 Å². The highest BCUT2D eigenvalue weighted by atomic mass is 35.5. The van der Waals surface area contributed by atoms with E-state index in [-0.39, 0.29) is 11.5 Å². The zero-order chi connectivity index (χ0) is 9.64. The van der Waals surface area contributed by atoms with Crippen molar-refractivity contribution in [3.05, 3.63) is 11.6 Å². The Balaban J connectivity index is 2.23. The molecule has 0 aromatic rings. The quantitative estimate of drug-likeness (QED) is 0.510. The summed E-state index contributed by atoms with van der Waals surface area (Å²) in [6.07, 6.45) is 4.29. The fourth-order valence-corrected chi connectivity index (χ4v) is 3.27. The summed E-state index contributed by atoms with van der Waals surface area (Å²) in [6, 6.07) is 0. The van der Waals surface area contributed by atoms with E-state index in [2.05, 4.69) is 19.9 Å². The number of rotatable bonds is 1. The summed E-state index contributed by atoms with van der Waals surface area (Å²) in [5.74, 6) is 1.60. The first kappa shape index (κ1) is 9.54. The Kier molecular flexibility index (Phi) is 2.20. The molecule has 0 radical (unpaired) electrons. The van der Waals surface area contributed by atoms with E-state index >= 15 is 0 Å². The average molecular weight is 201 g/mol. The lowest BCUT2D eigenvalue weighted by molar-refractivity contribution is 0.0557. The average Bonchev–Trinajstić information content (AvgIpc) is 2.53. The fraction of sp³-hybridized carbons (Fsp3) is 0.818. The molecule has 2 aliphatic rings. The van der Waals surface area contributed by atoms with Crippen molar-refractivity contribution in [2.75, 3.05) is 5.88 Å². The van der Waals surface area contributed by atoms with Gasteiger partial charge >= 0.3 is 0 Å². The van der Waals surface area contributed by atoms with Crippen LogP contribution in [0.4, 0.5) is 0 Å². The van der Waals surface area contributed by atoms with Crippen LogP contribution in [0.5, 0.6) is 0 Å². The summed E-state index contributed by atoms with van der Waals surface area (Å²) in [5, 5.41) is 10.1. The second kappa shape index (κ2) is 2.99. The fourth-order valence-electron chi connectivity index (χ4n) is 2.99. The van der Waals surface area contributed by atoms with E-state index < -0.39 is 0 Å². The van der Waals surface area contributed by atoms with Gasteiger partial charge in [-0.2, -0.15) is 0 Å². The molecule has 1 saturated carbocycles. The summed E-state index contributed by atoms with van der Waals surface area (Å²) < 4.78 is 0. The highest BCUT2D eigenvalue weighted by Crippen LogP contribution is 2.52. The van der Waals surface area contributed by atoms with Crippen LogP contribution in [0.1, 0.15) is 26.7 Å².